The van der Waals surface area contributed by atoms with Gasteiger partial charge in [0.2, 0.25) is 0 Å². The second-order valence-corrected chi connectivity index (χ2v) is 9.11. The molecule has 3 aromatic carbocycles. The predicted molar refractivity (Wildman–Crippen MR) is 122 cm³/mol. The van der Waals surface area contributed by atoms with Gasteiger partial charge in [0.05, 0.1) is 10.5 Å². The molecule has 3 aromatic rings. The zero-order chi connectivity index (χ0) is 23.1. The second kappa shape index (κ2) is 10.5. The molecule has 0 saturated heterocycles. The van der Waals surface area contributed by atoms with Crippen molar-refractivity contribution in [2.75, 3.05) is 11.3 Å². The van der Waals surface area contributed by atoms with Gasteiger partial charge in [-0.15, -0.1) is 0 Å². The Bertz CT molecular complexity index is 1220. The fourth-order valence-corrected chi connectivity index (χ4v) is 4.15. The first-order chi connectivity index (χ1) is 15.2. The molecule has 10 heteroatoms. The monoisotopic (exact) mass is 492 g/mol. The third kappa shape index (κ3) is 6.46. The Balaban J connectivity index is 1.52. The Morgan fingerprint density at radius 1 is 0.906 bits per heavy atom. The maximum absolute atomic E-state index is 12.4. The van der Waals surface area contributed by atoms with Crippen molar-refractivity contribution in [2.24, 2.45) is 0 Å². The number of esters is 1. The molecule has 0 saturated carbocycles. The van der Waals surface area contributed by atoms with Gasteiger partial charge in [-0.05, 0) is 54.1 Å². The molecule has 0 radical (unpaired) electrons. The van der Waals surface area contributed by atoms with Crippen molar-refractivity contribution in [3.05, 3.63) is 94.0 Å². The lowest BCUT2D eigenvalue weighted by atomic mass is 10.2. The predicted octanol–water partition coefficient (Wildman–Crippen LogP) is 4.27. The van der Waals surface area contributed by atoms with Gasteiger partial charge in [-0.2, -0.15) is 0 Å². The number of anilines is 1. The summed E-state index contributed by atoms with van der Waals surface area (Å²) in [6.45, 7) is -0.354. The number of sulfonamides is 1. The first kappa shape index (κ1) is 23.6. The standard InChI is InChI=1S/C22H18Cl2N2O5S/c23-17-9-6-16(20(24)12-17)13-25-21(27)14-31-22(28)15-7-10-19(11-8-15)32(29,30)26-18-4-2-1-3-5-18/h1-12,26H,13-14H2,(H,25,27). The zero-order valence-electron chi connectivity index (χ0n) is 16.5. The van der Waals surface area contributed by atoms with Gasteiger partial charge in [0.15, 0.2) is 6.61 Å². The Morgan fingerprint density at radius 3 is 2.25 bits per heavy atom. The van der Waals surface area contributed by atoms with E-state index in [9.17, 15) is 18.0 Å². The summed E-state index contributed by atoms with van der Waals surface area (Å²) in [6, 6.07) is 18.5. The van der Waals surface area contributed by atoms with Gasteiger partial charge >= 0.3 is 5.97 Å². The number of hydrogen-bond acceptors (Lipinski definition) is 5. The van der Waals surface area contributed by atoms with E-state index in [0.29, 0.717) is 21.3 Å². The number of benzene rings is 3. The topological polar surface area (TPSA) is 102 Å². The average molecular weight is 493 g/mol. The highest BCUT2D eigenvalue weighted by Gasteiger charge is 2.16. The Morgan fingerprint density at radius 2 is 1.59 bits per heavy atom. The molecule has 0 bridgehead atoms. The highest BCUT2D eigenvalue weighted by Crippen LogP contribution is 2.21. The van der Waals surface area contributed by atoms with Crippen LogP contribution in [0.15, 0.2) is 77.7 Å². The van der Waals surface area contributed by atoms with Crippen LogP contribution in [-0.4, -0.2) is 26.9 Å². The van der Waals surface area contributed by atoms with E-state index < -0.39 is 28.5 Å². The third-order valence-corrected chi connectivity index (χ3v) is 6.24. The normalized spacial score (nSPS) is 10.9. The van der Waals surface area contributed by atoms with Crippen molar-refractivity contribution >= 4 is 50.8 Å². The van der Waals surface area contributed by atoms with Crippen LogP contribution < -0.4 is 10.0 Å². The van der Waals surface area contributed by atoms with E-state index in [-0.39, 0.29) is 17.0 Å². The number of para-hydroxylation sites is 1. The van der Waals surface area contributed by atoms with E-state index in [1.54, 1.807) is 48.5 Å². The first-order valence-corrected chi connectivity index (χ1v) is 11.5. The van der Waals surface area contributed by atoms with Crippen molar-refractivity contribution in [1.82, 2.24) is 5.32 Å². The van der Waals surface area contributed by atoms with Crippen LogP contribution in [0.5, 0.6) is 0 Å². The lowest BCUT2D eigenvalue weighted by Gasteiger charge is -2.09. The van der Waals surface area contributed by atoms with Crippen molar-refractivity contribution in [3.63, 3.8) is 0 Å². The van der Waals surface area contributed by atoms with Crippen LogP contribution in [0.1, 0.15) is 15.9 Å². The fraction of sp³-hybridized carbons (Fsp3) is 0.0909. The van der Waals surface area contributed by atoms with Crippen LogP contribution >= 0.6 is 23.2 Å². The van der Waals surface area contributed by atoms with E-state index in [1.165, 1.54) is 24.3 Å². The minimum Gasteiger partial charge on any atom is -0.452 e. The number of ether oxygens (including phenoxy) is 1. The molecule has 2 N–H and O–H groups in total. The van der Waals surface area contributed by atoms with Gasteiger partial charge in [-0.25, -0.2) is 13.2 Å². The quantitative estimate of drug-likeness (QED) is 0.457. The minimum atomic E-state index is -3.81. The second-order valence-electron chi connectivity index (χ2n) is 6.58. The number of rotatable bonds is 8. The van der Waals surface area contributed by atoms with Gasteiger partial charge in [0.25, 0.3) is 15.9 Å². The van der Waals surface area contributed by atoms with Gasteiger partial charge in [0, 0.05) is 22.3 Å². The molecule has 7 nitrogen and oxygen atoms in total. The van der Waals surface area contributed by atoms with Crippen LogP contribution in [0.4, 0.5) is 5.69 Å². The minimum absolute atomic E-state index is 0.0181. The molecule has 3 rings (SSSR count). The van der Waals surface area contributed by atoms with Gasteiger partial charge in [-0.1, -0.05) is 47.5 Å². The van der Waals surface area contributed by atoms with Gasteiger partial charge < -0.3 is 10.1 Å². The lowest BCUT2D eigenvalue weighted by molar-refractivity contribution is -0.124. The molecular weight excluding hydrogens is 475 g/mol. The van der Waals surface area contributed by atoms with E-state index in [2.05, 4.69) is 10.0 Å². The number of carbonyl (C=O) groups is 2. The SMILES string of the molecule is O=C(COC(=O)c1ccc(S(=O)(=O)Nc2ccccc2)cc1)NCc1ccc(Cl)cc1Cl. The number of nitrogens with one attached hydrogen (secondary N) is 2. The van der Waals surface area contributed by atoms with E-state index in [4.69, 9.17) is 27.9 Å². The molecular formula is C22H18Cl2N2O5S. The average Bonchev–Trinajstić information content (AvgIpc) is 2.77. The number of carbonyl (C=O) groups excluding carboxylic acids is 2. The maximum atomic E-state index is 12.4. The molecule has 0 aliphatic rings. The molecule has 0 atom stereocenters. The summed E-state index contributed by atoms with van der Waals surface area (Å²) in [7, 11) is -3.81. The highest BCUT2D eigenvalue weighted by atomic mass is 35.5. The summed E-state index contributed by atoms with van der Waals surface area (Å²) in [5, 5.41) is 3.48. The van der Waals surface area contributed by atoms with E-state index in [1.807, 2.05) is 0 Å². The summed E-state index contributed by atoms with van der Waals surface area (Å²) >= 11 is 11.9. The van der Waals surface area contributed by atoms with Gasteiger partial charge in [-0.3, -0.25) is 9.52 Å². The number of hydrogen-bond donors (Lipinski definition) is 2. The highest BCUT2D eigenvalue weighted by molar-refractivity contribution is 7.92. The largest absolute Gasteiger partial charge is 0.452 e. The molecule has 0 aromatic heterocycles. The molecule has 0 spiro atoms. The lowest BCUT2D eigenvalue weighted by Crippen LogP contribution is -2.28. The molecule has 0 aliphatic heterocycles. The van der Waals surface area contributed by atoms with Crippen molar-refractivity contribution < 1.29 is 22.7 Å². The smallest absolute Gasteiger partial charge is 0.338 e. The molecule has 0 aliphatic carbocycles. The van der Waals surface area contributed by atoms with Crippen molar-refractivity contribution in [3.8, 4) is 0 Å². The molecule has 32 heavy (non-hydrogen) atoms. The molecule has 166 valence electrons. The van der Waals surface area contributed by atoms with Crippen LogP contribution in [-0.2, 0) is 26.1 Å². The summed E-state index contributed by atoms with van der Waals surface area (Å²) in [5.74, 6) is -1.28. The molecule has 1 amide bonds. The zero-order valence-corrected chi connectivity index (χ0v) is 18.9. The van der Waals surface area contributed by atoms with E-state index in [0.717, 1.165) is 0 Å². The van der Waals surface area contributed by atoms with Crippen molar-refractivity contribution in [1.29, 1.82) is 0 Å². The van der Waals surface area contributed by atoms with Crippen LogP contribution in [0.3, 0.4) is 0 Å². The number of halogens is 2. The maximum Gasteiger partial charge on any atom is 0.338 e. The summed E-state index contributed by atoms with van der Waals surface area (Å²) in [4.78, 5) is 24.1. The molecule has 0 fully saturated rings. The Labute approximate surface area is 195 Å². The summed E-state index contributed by atoms with van der Waals surface area (Å²) in [5.41, 5.74) is 1.19. The third-order valence-electron chi connectivity index (χ3n) is 4.25. The summed E-state index contributed by atoms with van der Waals surface area (Å²) < 4.78 is 32.3. The van der Waals surface area contributed by atoms with Crippen LogP contribution in [0, 0.1) is 0 Å². The number of amides is 1. The van der Waals surface area contributed by atoms with Gasteiger partial charge in [0.1, 0.15) is 0 Å². The molecule has 0 heterocycles. The van der Waals surface area contributed by atoms with Crippen LogP contribution in [0.2, 0.25) is 10.0 Å². The Hall–Kier alpha value is -3.07. The fourth-order valence-electron chi connectivity index (χ4n) is 2.61. The van der Waals surface area contributed by atoms with Crippen molar-refractivity contribution in [2.45, 2.75) is 11.4 Å². The Kier molecular flexibility index (Phi) is 7.74. The van der Waals surface area contributed by atoms with E-state index >= 15 is 0 Å². The molecule has 0 unspecified atom stereocenters. The van der Waals surface area contributed by atoms with Crippen LogP contribution in [0.25, 0.3) is 0 Å². The summed E-state index contributed by atoms with van der Waals surface area (Å²) in [6.07, 6.45) is 0. The first-order valence-electron chi connectivity index (χ1n) is 9.30.